The zero-order valence-electron chi connectivity index (χ0n) is 12.8. The lowest BCUT2D eigenvalue weighted by molar-refractivity contribution is -0.146. The van der Waals surface area contributed by atoms with Gasteiger partial charge in [0.1, 0.15) is 11.5 Å². The van der Waals surface area contributed by atoms with Gasteiger partial charge >= 0.3 is 6.18 Å². The average Bonchev–Trinajstić information content (AvgIpc) is 3.14. The lowest BCUT2D eigenvalue weighted by Gasteiger charge is -2.10. The van der Waals surface area contributed by atoms with Gasteiger partial charge < -0.3 is 14.8 Å². The van der Waals surface area contributed by atoms with Crippen LogP contribution in [0.4, 0.5) is 18.9 Å². The summed E-state index contributed by atoms with van der Waals surface area (Å²) in [5, 5.41) is 12.4. The smallest absolute Gasteiger partial charge is 0.453 e. The lowest BCUT2D eigenvalue weighted by Crippen LogP contribution is -2.15. The summed E-state index contributed by atoms with van der Waals surface area (Å²) in [6, 6.07) is 4.72. The second-order valence-corrected chi connectivity index (χ2v) is 5.60. The average molecular weight is 373 g/mol. The van der Waals surface area contributed by atoms with Gasteiger partial charge in [0.15, 0.2) is 0 Å². The van der Waals surface area contributed by atoms with Crippen LogP contribution in [-0.4, -0.2) is 39.9 Å². The second kappa shape index (κ2) is 6.20. The zero-order valence-corrected chi connectivity index (χ0v) is 13.6. The molecule has 0 saturated carbocycles. The third-order valence-electron chi connectivity index (χ3n) is 3.09. The molecule has 3 aromatic rings. The molecule has 0 spiro atoms. The summed E-state index contributed by atoms with van der Waals surface area (Å²) in [7, 11) is 2.87. The first kappa shape index (κ1) is 17.0. The quantitative estimate of drug-likeness (QED) is 0.756. The molecule has 132 valence electrons. The van der Waals surface area contributed by atoms with Crippen molar-refractivity contribution in [2.24, 2.45) is 0 Å². The van der Waals surface area contributed by atoms with Crippen LogP contribution in [0.5, 0.6) is 11.5 Å². The minimum absolute atomic E-state index is 0.143. The van der Waals surface area contributed by atoms with E-state index in [-0.39, 0.29) is 15.7 Å². The number of nitrogens with zero attached hydrogens (tertiary/aromatic N) is 4. The molecular weight excluding hydrogens is 363 g/mol. The maximum absolute atomic E-state index is 12.8. The van der Waals surface area contributed by atoms with Gasteiger partial charge in [0, 0.05) is 6.07 Å². The van der Waals surface area contributed by atoms with E-state index in [0.717, 1.165) is 0 Å². The van der Waals surface area contributed by atoms with Gasteiger partial charge in [-0.2, -0.15) is 17.7 Å². The van der Waals surface area contributed by atoms with E-state index in [1.54, 1.807) is 12.1 Å². The van der Waals surface area contributed by atoms with Crippen LogP contribution in [0, 0.1) is 0 Å². The SMILES string of the molecule is COc1ccc(OC)c(NC(=O)c2nn3c(C(F)(F)F)nnc3s2)c1. The Morgan fingerprint density at radius 1 is 1.24 bits per heavy atom. The Morgan fingerprint density at radius 3 is 2.64 bits per heavy atom. The van der Waals surface area contributed by atoms with Crippen molar-refractivity contribution in [2.45, 2.75) is 6.18 Å². The van der Waals surface area contributed by atoms with Gasteiger partial charge in [-0.3, -0.25) is 4.79 Å². The van der Waals surface area contributed by atoms with Crippen LogP contribution in [0.15, 0.2) is 18.2 Å². The highest BCUT2D eigenvalue weighted by Gasteiger charge is 2.38. The topological polar surface area (TPSA) is 90.6 Å². The van der Waals surface area contributed by atoms with Crippen LogP contribution in [0.3, 0.4) is 0 Å². The first-order valence-electron chi connectivity index (χ1n) is 6.66. The third kappa shape index (κ3) is 3.20. The van der Waals surface area contributed by atoms with Crippen LogP contribution in [0.1, 0.15) is 15.6 Å². The van der Waals surface area contributed by atoms with Crippen LogP contribution in [0.2, 0.25) is 0 Å². The molecule has 25 heavy (non-hydrogen) atoms. The number of benzene rings is 1. The van der Waals surface area contributed by atoms with E-state index in [1.807, 2.05) is 0 Å². The van der Waals surface area contributed by atoms with Gasteiger partial charge in [-0.05, 0) is 12.1 Å². The molecule has 2 heterocycles. The minimum Gasteiger partial charge on any atom is -0.497 e. The fourth-order valence-electron chi connectivity index (χ4n) is 1.97. The molecule has 12 heteroatoms. The summed E-state index contributed by atoms with van der Waals surface area (Å²) < 4.78 is 49.1. The summed E-state index contributed by atoms with van der Waals surface area (Å²) >= 11 is 0.679. The number of carbonyl (C=O) groups is 1. The van der Waals surface area contributed by atoms with Crippen molar-refractivity contribution >= 4 is 27.9 Å². The van der Waals surface area contributed by atoms with Crippen molar-refractivity contribution in [2.75, 3.05) is 19.5 Å². The number of nitrogens with one attached hydrogen (secondary N) is 1. The summed E-state index contributed by atoms with van der Waals surface area (Å²) in [5.41, 5.74) is 0.286. The predicted octanol–water partition coefficient (Wildman–Crippen LogP) is 2.47. The highest BCUT2D eigenvalue weighted by atomic mass is 32.1. The number of fused-ring (bicyclic) bond motifs is 1. The Morgan fingerprint density at radius 2 is 2.00 bits per heavy atom. The third-order valence-corrected chi connectivity index (χ3v) is 3.99. The Kier molecular flexibility index (Phi) is 4.20. The molecule has 0 saturated heterocycles. The van der Waals surface area contributed by atoms with Crippen molar-refractivity contribution in [1.82, 2.24) is 19.8 Å². The molecule has 0 aliphatic rings. The Balaban J connectivity index is 1.92. The van der Waals surface area contributed by atoms with Crippen LogP contribution in [-0.2, 0) is 6.18 Å². The maximum atomic E-state index is 12.8. The van der Waals surface area contributed by atoms with Crippen molar-refractivity contribution in [3.8, 4) is 11.5 Å². The number of rotatable bonds is 4. The first-order valence-corrected chi connectivity index (χ1v) is 7.48. The molecule has 0 fully saturated rings. The van der Waals surface area contributed by atoms with Crippen molar-refractivity contribution in [1.29, 1.82) is 0 Å². The monoisotopic (exact) mass is 373 g/mol. The van der Waals surface area contributed by atoms with Crippen molar-refractivity contribution in [3.05, 3.63) is 29.0 Å². The van der Waals surface area contributed by atoms with Gasteiger partial charge in [-0.1, -0.05) is 11.3 Å². The molecule has 0 atom stereocenters. The molecule has 3 rings (SSSR count). The molecule has 0 aliphatic heterocycles. The molecule has 2 aromatic heterocycles. The number of amides is 1. The molecule has 0 unspecified atom stereocenters. The Hall–Kier alpha value is -2.89. The number of methoxy groups -OCH3 is 2. The lowest BCUT2D eigenvalue weighted by atomic mass is 10.2. The van der Waals surface area contributed by atoms with E-state index < -0.39 is 17.9 Å². The van der Waals surface area contributed by atoms with Crippen LogP contribution in [0.25, 0.3) is 4.96 Å². The fourth-order valence-corrected chi connectivity index (χ4v) is 2.71. The summed E-state index contributed by atoms with van der Waals surface area (Å²) in [4.78, 5) is 12.2. The molecule has 1 N–H and O–H groups in total. The predicted molar refractivity (Wildman–Crippen MR) is 81.2 cm³/mol. The van der Waals surface area contributed by atoms with E-state index in [1.165, 1.54) is 20.3 Å². The Labute approximate surface area is 142 Å². The standard InChI is InChI=1S/C13H10F3N5O3S/c1-23-6-3-4-8(24-2)7(5-6)17-9(22)10-20-21-11(13(14,15)16)18-19-12(21)25-10/h3-5H,1-2H3,(H,17,22). The zero-order chi connectivity index (χ0) is 18.2. The van der Waals surface area contributed by atoms with Crippen LogP contribution >= 0.6 is 11.3 Å². The van der Waals surface area contributed by atoms with Crippen molar-refractivity contribution in [3.63, 3.8) is 0 Å². The minimum atomic E-state index is -4.72. The van der Waals surface area contributed by atoms with E-state index >= 15 is 0 Å². The summed E-state index contributed by atoms with van der Waals surface area (Å²) in [5.74, 6) is -1.19. The number of halogens is 3. The van der Waals surface area contributed by atoms with E-state index in [2.05, 4.69) is 20.6 Å². The van der Waals surface area contributed by atoms with Gasteiger partial charge in [-0.25, -0.2) is 0 Å². The number of hydrogen-bond donors (Lipinski definition) is 1. The first-order chi connectivity index (χ1) is 11.8. The maximum Gasteiger partial charge on any atom is 0.453 e. The number of alkyl halides is 3. The van der Waals surface area contributed by atoms with E-state index in [0.29, 0.717) is 27.4 Å². The molecule has 0 bridgehead atoms. The van der Waals surface area contributed by atoms with Crippen molar-refractivity contribution < 1.29 is 27.4 Å². The molecule has 8 nitrogen and oxygen atoms in total. The number of ether oxygens (including phenoxy) is 2. The van der Waals surface area contributed by atoms with Gasteiger partial charge in [0.05, 0.1) is 19.9 Å². The van der Waals surface area contributed by atoms with E-state index in [4.69, 9.17) is 9.47 Å². The van der Waals surface area contributed by atoms with Crippen LogP contribution < -0.4 is 14.8 Å². The highest BCUT2D eigenvalue weighted by Crippen LogP contribution is 2.31. The Bertz CT molecular complexity index is 937. The number of carbonyl (C=O) groups excluding carboxylic acids is 1. The summed E-state index contributed by atoms with van der Waals surface area (Å²) in [6.45, 7) is 0. The highest BCUT2D eigenvalue weighted by molar-refractivity contribution is 7.18. The normalized spacial score (nSPS) is 11.6. The van der Waals surface area contributed by atoms with Gasteiger partial charge in [0.2, 0.25) is 9.97 Å². The van der Waals surface area contributed by atoms with Gasteiger partial charge in [-0.15, -0.1) is 15.3 Å². The van der Waals surface area contributed by atoms with Gasteiger partial charge in [0.25, 0.3) is 11.7 Å². The molecule has 0 radical (unpaired) electrons. The second-order valence-electron chi connectivity index (χ2n) is 4.64. The van der Waals surface area contributed by atoms with E-state index in [9.17, 15) is 18.0 Å². The number of anilines is 1. The number of aromatic nitrogens is 4. The molecule has 1 amide bonds. The fraction of sp³-hybridized carbons (Fsp3) is 0.231. The largest absolute Gasteiger partial charge is 0.497 e. The molecule has 0 aliphatic carbocycles. The number of hydrogen-bond acceptors (Lipinski definition) is 7. The molecular formula is C13H10F3N5O3S. The summed E-state index contributed by atoms with van der Waals surface area (Å²) in [6.07, 6.45) is -4.72. The molecule has 1 aromatic carbocycles.